The van der Waals surface area contributed by atoms with Gasteiger partial charge in [-0.05, 0) is 18.4 Å². The molecule has 0 aliphatic carbocycles. The minimum absolute atomic E-state index is 0.0607. The Morgan fingerprint density at radius 1 is 1.38 bits per heavy atom. The summed E-state index contributed by atoms with van der Waals surface area (Å²) in [5.74, 6) is -0.636. The predicted molar refractivity (Wildman–Crippen MR) is 85.7 cm³/mol. The Kier molecular flexibility index (Phi) is 4.66. The zero-order valence-electron chi connectivity index (χ0n) is 12.7. The van der Waals surface area contributed by atoms with E-state index in [1.165, 1.54) is 0 Å². The zero-order chi connectivity index (χ0) is 16.9. The monoisotopic (exact) mass is 346 g/mol. The number of carbonyl (C=O) groups excluding carboxylic acids is 2. The van der Waals surface area contributed by atoms with E-state index in [1.807, 2.05) is 17.5 Å². The van der Waals surface area contributed by atoms with Gasteiger partial charge < -0.3 is 10.1 Å². The molecule has 3 heterocycles. The molecular formula is C14H14N6O3S. The quantitative estimate of drug-likeness (QED) is 0.649. The number of H-pyrrole nitrogens is 1. The molecule has 0 aromatic carbocycles. The largest absolute Gasteiger partial charge is 0.451 e. The van der Waals surface area contributed by atoms with E-state index in [1.54, 1.807) is 35.2 Å². The number of thiophene rings is 1. The molecule has 0 radical (unpaired) electrons. The molecule has 24 heavy (non-hydrogen) atoms. The van der Waals surface area contributed by atoms with Crippen LogP contribution < -0.4 is 5.32 Å². The number of hydrogen-bond acceptors (Lipinski definition) is 7. The smallest absolute Gasteiger partial charge is 0.361 e. The lowest BCUT2D eigenvalue weighted by Crippen LogP contribution is -2.23. The van der Waals surface area contributed by atoms with Crippen LogP contribution in [0.3, 0.4) is 0 Å². The molecule has 124 valence electrons. The summed E-state index contributed by atoms with van der Waals surface area (Å²) >= 11 is 1.60. The van der Waals surface area contributed by atoms with Crippen LogP contribution in [0.4, 0.5) is 5.82 Å². The maximum absolute atomic E-state index is 12.0. The molecule has 3 aromatic heterocycles. The van der Waals surface area contributed by atoms with Crippen molar-refractivity contribution in [2.75, 3.05) is 11.9 Å². The van der Waals surface area contributed by atoms with E-state index in [2.05, 4.69) is 25.8 Å². The van der Waals surface area contributed by atoms with Crippen molar-refractivity contribution in [2.24, 2.45) is 0 Å². The van der Waals surface area contributed by atoms with Gasteiger partial charge in [0.1, 0.15) is 5.82 Å². The minimum atomic E-state index is -0.705. The highest BCUT2D eigenvalue weighted by Crippen LogP contribution is 2.14. The first-order valence-corrected chi connectivity index (χ1v) is 7.90. The fraction of sp³-hybridized carbons (Fsp3) is 0.214. The van der Waals surface area contributed by atoms with Crippen molar-refractivity contribution >= 4 is 29.0 Å². The van der Waals surface area contributed by atoms with Crippen LogP contribution in [-0.2, 0) is 16.1 Å². The van der Waals surface area contributed by atoms with Gasteiger partial charge in [0, 0.05) is 10.9 Å². The number of amides is 1. The van der Waals surface area contributed by atoms with Crippen molar-refractivity contribution in [2.45, 2.75) is 13.5 Å². The van der Waals surface area contributed by atoms with Crippen LogP contribution in [-0.4, -0.2) is 43.7 Å². The summed E-state index contributed by atoms with van der Waals surface area (Å²) in [5, 5.41) is 18.5. The van der Waals surface area contributed by atoms with E-state index in [9.17, 15) is 9.59 Å². The highest BCUT2D eigenvalue weighted by Gasteiger charge is 2.17. The summed E-state index contributed by atoms with van der Waals surface area (Å²) in [6.07, 6.45) is 1.59. The van der Waals surface area contributed by atoms with Gasteiger partial charge in [0.05, 0.1) is 18.4 Å². The standard InChI is InChI=1S/C14H14N6O3S/c1-9-13(18-19-17-9)14(22)23-8-12(21)16-11-4-5-15-20(11)7-10-3-2-6-24-10/h2-6H,7-8H2,1H3,(H,16,21)(H,17,18,19). The normalized spacial score (nSPS) is 10.5. The molecule has 0 unspecified atom stereocenters. The number of nitrogens with zero attached hydrogens (tertiary/aromatic N) is 4. The molecule has 0 atom stereocenters. The molecule has 0 fully saturated rings. The Morgan fingerprint density at radius 3 is 2.96 bits per heavy atom. The van der Waals surface area contributed by atoms with Gasteiger partial charge in [-0.2, -0.15) is 15.4 Å². The number of esters is 1. The van der Waals surface area contributed by atoms with Crippen LogP contribution >= 0.6 is 11.3 Å². The molecular weight excluding hydrogens is 332 g/mol. The third-order valence-electron chi connectivity index (χ3n) is 3.12. The molecule has 0 aliphatic heterocycles. The van der Waals surface area contributed by atoms with Gasteiger partial charge in [-0.25, -0.2) is 9.48 Å². The van der Waals surface area contributed by atoms with Crippen LogP contribution in [0.5, 0.6) is 0 Å². The van der Waals surface area contributed by atoms with Crippen molar-refractivity contribution < 1.29 is 14.3 Å². The van der Waals surface area contributed by atoms with E-state index < -0.39 is 18.5 Å². The number of nitrogens with one attached hydrogen (secondary N) is 2. The summed E-state index contributed by atoms with van der Waals surface area (Å²) < 4.78 is 6.58. The fourth-order valence-electron chi connectivity index (χ4n) is 1.97. The van der Waals surface area contributed by atoms with Gasteiger partial charge in [-0.3, -0.25) is 4.79 Å². The van der Waals surface area contributed by atoms with Gasteiger partial charge in [-0.1, -0.05) is 6.07 Å². The number of anilines is 1. The second-order valence-electron chi connectivity index (χ2n) is 4.84. The minimum Gasteiger partial charge on any atom is -0.451 e. The van der Waals surface area contributed by atoms with Gasteiger partial charge in [0.25, 0.3) is 5.91 Å². The van der Waals surface area contributed by atoms with Crippen molar-refractivity contribution in [3.8, 4) is 0 Å². The first-order chi connectivity index (χ1) is 11.6. The Labute approximate surface area is 140 Å². The Bertz CT molecular complexity index is 838. The lowest BCUT2D eigenvalue weighted by Gasteiger charge is -2.08. The van der Waals surface area contributed by atoms with Crippen molar-refractivity contribution in [3.05, 3.63) is 46.0 Å². The van der Waals surface area contributed by atoms with E-state index >= 15 is 0 Å². The number of ether oxygens (including phenoxy) is 1. The van der Waals surface area contributed by atoms with Gasteiger partial charge >= 0.3 is 5.97 Å². The Morgan fingerprint density at radius 2 is 2.25 bits per heavy atom. The molecule has 0 saturated carbocycles. The predicted octanol–water partition coefficient (Wildman–Crippen LogP) is 1.21. The molecule has 0 saturated heterocycles. The molecule has 3 aromatic rings. The second-order valence-corrected chi connectivity index (χ2v) is 5.87. The number of carbonyl (C=O) groups is 2. The molecule has 1 amide bonds. The van der Waals surface area contributed by atoms with E-state index in [4.69, 9.17) is 4.74 Å². The molecule has 0 spiro atoms. The first kappa shape index (κ1) is 15.9. The summed E-state index contributed by atoms with van der Waals surface area (Å²) in [6, 6.07) is 5.61. The topological polar surface area (TPSA) is 115 Å². The van der Waals surface area contributed by atoms with Crippen molar-refractivity contribution in [1.29, 1.82) is 0 Å². The highest BCUT2D eigenvalue weighted by atomic mass is 32.1. The van der Waals surface area contributed by atoms with Crippen LogP contribution in [0, 0.1) is 6.92 Å². The van der Waals surface area contributed by atoms with E-state index in [0.717, 1.165) is 4.88 Å². The SMILES string of the molecule is Cc1n[nH]nc1C(=O)OCC(=O)Nc1ccnn1Cc1cccs1. The molecule has 0 bridgehead atoms. The maximum atomic E-state index is 12.0. The molecule has 3 rings (SSSR count). The third kappa shape index (κ3) is 3.66. The number of aromatic amines is 1. The summed E-state index contributed by atoms with van der Waals surface area (Å²) in [5.41, 5.74) is 0.472. The second kappa shape index (κ2) is 7.04. The number of aromatic nitrogens is 5. The molecule has 10 heteroatoms. The zero-order valence-corrected chi connectivity index (χ0v) is 13.5. The van der Waals surface area contributed by atoms with Crippen LogP contribution in [0.25, 0.3) is 0 Å². The Balaban J connectivity index is 1.55. The van der Waals surface area contributed by atoms with Crippen LogP contribution in [0.15, 0.2) is 29.8 Å². The molecule has 9 nitrogen and oxygen atoms in total. The van der Waals surface area contributed by atoms with Gasteiger partial charge in [-0.15, -0.1) is 16.4 Å². The third-order valence-corrected chi connectivity index (χ3v) is 3.98. The number of hydrogen-bond donors (Lipinski definition) is 2. The van der Waals surface area contributed by atoms with Crippen LogP contribution in [0.2, 0.25) is 0 Å². The summed E-state index contributed by atoms with van der Waals surface area (Å²) in [7, 11) is 0. The summed E-state index contributed by atoms with van der Waals surface area (Å²) in [4.78, 5) is 24.8. The van der Waals surface area contributed by atoms with E-state index in [0.29, 0.717) is 18.1 Å². The van der Waals surface area contributed by atoms with E-state index in [-0.39, 0.29) is 5.69 Å². The Hall–Kier alpha value is -3.01. The van der Waals surface area contributed by atoms with Crippen molar-refractivity contribution in [1.82, 2.24) is 25.2 Å². The molecule has 2 N–H and O–H groups in total. The fourth-order valence-corrected chi connectivity index (χ4v) is 2.66. The van der Waals surface area contributed by atoms with Gasteiger partial charge in [0.2, 0.25) is 0 Å². The highest BCUT2D eigenvalue weighted by molar-refractivity contribution is 7.09. The average molecular weight is 346 g/mol. The first-order valence-electron chi connectivity index (χ1n) is 7.02. The molecule has 0 aliphatic rings. The number of rotatable bonds is 6. The lowest BCUT2D eigenvalue weighted by atomic mass is 10.3. The van der Waals surface area contributed by atoms with Crippen molar-refractivity contribution in [3.63, 3.8) is 0 Å². The number of aryl methyl sites for hydroxylation is 1. The maximum Gasteiger partial charge on any atom is 0.361 e. The van der Waals surface area contributed by atoms with Gasteiger partial charge in [0.15, 0.2) is 12.3 Å². The summed E-state index contributed by atoms with van der Waals surface area (Å²) in [6.45, 7) is 1.75. The lowest BCUT2D eigenvalue weighted by molar-refractivity contribution is -0.119. The van der Waals surface area contributed by atoms with Crippen LogP contribution in [0.1, 0.15) is 21.1 Å². The average Bonchev–Trinajstić information content (AvgIpc) is 3.29.